The fraction of sp³-hybridized carbons (Fsp3) is 0.529. The molecule has 1 aliphatic rings. The molecule has 0 spiro atoms. The summed E-state index contributed by atoms with van der Waals surface area (Å²) in [6, 6.07) is 6.50. The first kappa shape index (κ1) is 14.9. The Morgan fingerprint density at radius 1 is 1.15 bits per heavy atom. The highest BCUT2D eigenvalue weighted by molar-refractivity contribution is 5.44. The van der Waals surface area contributed by atoms with Crippen molar-refractivity contribution in [2.24, 2.45) is 0 Å². The van der Waals surface area contributed by atoms with Crippen LogP contribution in [0.5, 0.6) is 11.5 Å². The van der Waals surface area contributed by atoms with Gasteiger partial charge in [-0.1, -0.05) is 17.7 Å². The van der Waals surface area contributed by atoms with Gasteiger partial charge in [0.1, 0.15) is 0 Å². The standard InChI is InChI=1S/C17H25NO2/c1-18-15(11-13-7-5-4-6-8-13)14-9-10-16(19-2)17(12-14)20-3/h7,9-10,12,15,18H,4-6,8,11H2,1-3H3. The molecule has 1 atom stereocenters. The van der Waals surface area contributed by atoms with Crippen LogP contribution in [-0.4, -0.2) is 21.3 Å². The molecule has 0 fully saturated rings. The molecule has 0 saturated carbocycles. The van der Waals surface area contributed by atoms with E-state index in [1.165, 1.54) is 31.2 Å². The first-order valence-corrected chi connectivity index (χ1v) is 7.35. The number of rotatable bonds is 6. The molecule has 3 heteroatoms. The predicted octanol–water partition coefficient (Wildman–Crippen LogP) is 3.85. The lowest BCUT2D eigenvalue weighted by atomic mass is 9.91. The highest BCUT2D eigenvalue weighted by Crippen LogP contribution is 2.33. The number of nitrogens with one attached hydrogen (secondary N) is 1. The Morgan fingerprint density at radius 3 is 2.55 bits per heavy atom. The Kier molecular flexibility index (Phi) is 5.48. The number of hydrogen-bond donors (Lipinski definition) is 1. The molecule has 3 nitrogen and oxygen atoms in total. The first-order chi connectivity index (χ1) is 9.78. The Labute approximate surface area is 122 Å². The van der Waals surface area contributed by atoms with E-state index in [1.807, 2.05) is 13.1 Å². The Bertz CT molecular complexity index is 468. The highest BCUT2D eigenvalue weighted by atomic mass is 16.5. The van der Waals surface area contributed by atoms with Crippen LogP contribution in [0.2, 0.25) is 0 Å². The second-order valence-electron chi connectivity index (χ2n) is 5.27. The Hall–Kier alpha value is -1.48. The van der Waals surface area contributed by atoms with Crippen molar-refractivity contribution in [3.05, 3.63) is 35.4 Å². The third kappa shape index (κ3) is 3.54. The number of benzene rings is 1. The van der Waals surface area contributed by atoms with Gasteiger partial charge in [0.05, 0.1) is 14.2 Å². The van der Waals surface area contributed by atoms with Crippen LogP contribution in [0.25, 0.3) is 0 Å². The van der Waals surface area contributed by atoms with Crippen molar-refractivity contribution in [2.45, 2.75) is 38.1 Å². The molecule has 0 aromatic heterocycles. The summed E-state index contributed by atoms with van der Waals surface area (Å²) in [4.78, 5) is 0. The first-order valence-electron chi connectivity index (χ1n) is 7.35. The van der Waals surface area contributed by atoms with Gasteiger partial charge in [-0.2, -0.15) is 0 Å². The topological polar surface area (TPSA) is 30.5 Å². The van der Waals surface area contributed by atoms with Gasteiger partial charge < -0.3 is 14.8 Å². The minimum atomic E-state index is 0.333. The fourth-order valence-electron chi connectivity index (χ4n) is 2.81. The van der Waals surface area contributed by atoms with Crippen LogP contribution in [0, 0.1) is 0 Å². The van der Waals surface area contributed by atoms with Crippen LogP contribution in [0.1, 0.15) is 43.7 Å². The van der Waals surface area contributed by atoms with Crippen LogP contribution >= 0.6 is 0 Å². The molecular weight excluding hydrogens is 250 g/mol. The van der Waals surface area contributed by atoms with Crippen LogP contribution in [-0.2, 0) is 0 Å². The SMILES string of the molecule is CNC(CC1=CCCCC1)c1ccc(OC)c(OC)c1. The molecule has 0 aliphatic heterocycles. The molecule has 1 aromatic carbocycles. The van der Waals surface area contributed by atoms with Crippen LogP contribution < -0.4 is 14.8 Å². The van der Waals surface area contributed by atoms with E-state index < -0.39 is 0 Å². The van der Waals surface area contributed by atoms with E-state index in [0.717, 1.165) is 17.9 Å². The van der Waals surface area contributed by atoms with E-state index in [-0.39, 0.29) is 0 Å². The highest BCUT2D eigenvalue weighted by Gasteiger charge is 2.15. The van der Waals surface area contributed by atoms with E-state index in [9.17, 15) is 0 Å². The van der Waals surface area contributed by atoms with Gasteiger partial charge in [-0.15, -0.1) is 0 Å². The summed E-state index contributed by atoms with van der Waals surface area (Å²) in [6.07, 6.45) is 8.63. The summed E-state index contributed by atoms with van der Waals surface area (Å²) in [5.74, 6) is 1.57. The van der Waals surface area contributed by atoms with Crippen molar-refractivity contribution in [2.75, 3.05) is 21.3 Å². The minimum Gasteiger partial charge on any atom is -0.493 e. The summed E-state index contributed by atoms with van der Waals surface area (Å²) in [5, 5.41) is 3.42. The molecule has 0 bridgehead atoms. The lowest BCUT2D eigenvalue weighted by Crippen LogP contribution is -2.17. The fourth-order valence-corrected chi connectivity index (χ4v) is 2.81. The molecule has 0 amide bonds. The van der Waals surface area contributed by atoms with E-state index in [0.29, 0.717) is 6.04 Å². The predicted molar refractivity (Wildman–Crippen MR) is 82.5 cm³/mol. The van der Waals surface area contributed by atoms with Crippen molar-refractivity contribution in [1.29, 1.82) is 0 Å². The van der Waals surface area contributed by atoms with Gasteiger partial charge in [-0.3, -0.25) is 0 Å². The smallest absolute Gasteiger partial charge is 0.161 e. The van der Waals surface area contributed by atoms with E-state index in [4.69, 9.17) is 9.47 Å². The molecule has 0 radical (unpaired) electrons. The summed E-state index contributed by atoms with van der Waals surface area (Å²) in [7, 11) is 5.37. The Balaban J connectivity index is 2.16. The monoisotopic (exact) mass is 275 g/mol. The number of hydrogen-bond acceptors (Lipinski definition) is 3. The minimum absolute atomic E-state index is 0.333. The van der Waals surface area contributed by atoms with Crippen molar-refractivity contribution in [3.8, 4) is 11.5 Å². The molecule has 1 aromatic rings. The van der Waals surface area contributed by atoms with Gasteiger partial charge in [0.2, 0.25) is 0 Å². The molecule has 0 heterocycles. The van der Waals surface area contributed by atoms with Crippen molar-refractivity contribution in [3.63, 3.8) is 0 Å². The zero-order valence-electron chi connectivity index (χ0n) is 12.7. The van der Waals surface area contributed by atoms with E-state index in [2.05, 4.69) is 23.5 Å². The van der Waals surface area contributed by atoms with E-state index in [1.54, 1.807) is 19.8 Å². The lowest BCUT2D eigenvalue weighted by Gasteiger charge is -2.21. The summed E-state index contributed by atoms with van der Waals surface area (Å²) >= 11 is 0. The summed E-state index contributed by atoms with van der Waals surface area (Å²) < 4.78 is 10.7. The lowest BCUT2D eigenvalue weighted by molar-refractivity contribution is 0.354. The maximum Gasteiger partial charge on any atom is 0.161 e. The van der Waals surface area contributed by atoms with Crippen molar-refractivity contribution in [1.82, 2.24) is 5.32 Å². The Morgan fingerprint density at radius 2 is 1.95 bits per heavy atom. The molecule has 2 rings (SSSR count). The van der Waals surface area contributed by atoms with Crippen LogP contribution in [0.3, 0.4) is 0 Å². The maximum absolute atomic E-state index is 5.39. The van der Waals surface area contributed by atoms with Crippen LogP contribution in [0.15, 0.2) is 29.8 Å². The third-order valence-corrected chi connectivity index (χ3v) is 4.01. The normalized spacial score (nSPS) is 16.4. The molecule has 0 saturated heterocycles. The average molecular weight is 275 g/mol. The maximum atomic E-state index is 5.39. The number of allylic oxidation sites excluding steroid dienone is 1. The van der Waals surface area contributed by atoms with Gasteiger partial charge in [-0.05, 0) is 56.8 Å². The van der Waals surface area contributed by atoms with Crippen molar-refractivity contribution >= 4 is 0 Å². The zero-order chi connectivity index (χ0) is 14.4. The van der Waals surface area contributed by atoms with Gasteiger partial charge >= 0.3 is 0 Å². The van der Waals surface area contributed by atoms with Crippen molar-refractivity contribution < 1.29 is 9.47 Å². The molecule has 1 N–H and O–H groups in total. The third-order valence-electron chi connectivity index (χ3n) is 4.01. The molecule has 1 unspecified atom stereocenters. The molecule has 20 heavy (non-hydrogen) atoms. The second kappa shape index (κ2) is 7.34. The quantitative estimate of drug-likeness (QED) is 0.800. The average Bonchev–Trinajstić information content (AvgIpc) is 2.53. The molecule has 110 valence electrons. The largest absolute Gasteiger partial charge is 0.493 e. The van der Waals surface area contributed by atoms with Gasteiger partial charge in [0, 0.05) is 6.04 Å². The summed E-state index contributed by atoms with van der Waals surface area (Å²) in [5.41, 5.74) is 2.82. The van der Waals surface area contributed by atoms with E-state index >= 15 is 0 Å². The molecule has 1 aliphatic carbocycles. The zero-order valence-corrected chi connectivity index (χ0v) is 12.7. The van der Waals surface area contributed by atoms with Crippen LogP contribution in [0.4, 0.5) is 0 Å². The molecular formula is C17H25NO2. The number of methoxy groups -OCH3 is 2. The second-order valence-corrected chi connectivity index (χ2v) is 5.27. The number of ether oxygens (including phenoxy) is 2. The van der Waals surface area contributed by atoms with Gasteiger partial charge in [0.15, 0.2) is 11.5 Å². The summed E-state index contributed by atoms with van der Waals surface area (Å²) in [6.45, 7) is 0. The van der Waals surface area contributed by atoms with Gasteiger partial charge in [0.25, 0.3) is 0 Å². The van der Waals surface area contributed by atoms with Gasteiger partial charge in [-0.25, -0.2) is 0 Å².